The summed E-state index contributed by atoms with van der Waals surface area (Å²) in [5.41, 5.74) is 0.177. The Morgan fingerprint density at radius 1 is 1.14 bits per heavy atom. The fraction of sp³-hybridized carbons (Fsp3) is 0.250. The van der Waals surface area contributed by atoms with Crippen LogP contribution in [0.5, 0.6) is 0 Å². The first kappa shape index (κ1) is 18.7. The zero-order valence-electron chi connectivity index (χ0n) is 15.5. The minimum absolute atomic E-state index is 0.0697. The van der Waals surface area contributed by atoms with Crippen molar-refractivity contribution in [1.29, 1.82) is 0 Å². The number of fused-ring (bicyclic) bond motifs is 1. The molecule has 0 saturated heterocycles. The van der Waals surface area contributed by atoms with E-state index in [4.69, 9.17) is 0 Å². The van der Waals surface area contributed by atoms with Crippen molar-refractivity contribution in [2.24, 2.45) is 0 Å². The molecular weight excluding hydrogens is 377 g/mol. The summed E-state index contributed by atoms with van der Waals surface area (Å²) < 4.78 is 16.5. The quantitative estimate of drug-likeness (QED) is 0.532. The van der Waals surface area contributed by atoms with E-state index in [9.17, 15) is 19.3 Å². The van der Waals surface area contributed by atoms with Gasteiger partial charge >= 0.3 is 0 Å². The fourth-order valence-corrected chi connectivity index (χ4v) is 3.48. The van der Waals surface area contributed by atoms with Crippen molar-refractivity contribution in [1.82, 2.24) is 14.8 Å². The van der Waals surface area contributed by atoms with Crippen molar-refractivity contribution >= 4 is 17.3 Å². The van der Waals surface area contributed by atoms with Crippen molar-refractivity contribution < 1.29 is 14.1 Å². The third-order valence-electron chi connectivity index (χ3n) is 4.92. The molecule has 148 valence electrons. The molecule has 9 heteroatoms. The lowest BCUT2D eigenvalue weighted by atomic mass is 10.1. The smallest absolute Gasteiger partial charge is 0.282 e. The van der Waals surface area contributed by atoms with E-state index in [1.165, 1.54) is 36.4 Å². The maximum atomic E-state index is 14.6. The summed E-state index contributed by atoms with van der Waals surface area (Å²) in [6.07, 6.45) is 3.86. The summed E-state index contributed by atoms with van der Waals surface area (Å²) in [6.45, 7) is 0.712. The van der Waals surface area contributed by atoms with E-state index >= 15 is 0 Å². The monoisotopic (exact) mass is 395 g/mol. The zero-order valence-corrected chi connectivity index (χ0v) is 15.5. The maximum absolute atomic E-state index is 14.6. The van der Waals surface area contributed by atoms with Gasteiger partial charge in [-0.1, -0.05) is 18.6 Å². The highest BCUT2D eigenvalue weighted by molar-refractivity contribution is 6.07. The van der Waals surface area contributed by atoms with Crippen LogP contribution in [-0.4, -0.2) is 25.6 Å². The number of rotatable bonds is 4. The largest absolute Gasteiger partial charge is 0.322 e. The van der Waals surface area contributed by atoms with E-state index in [0.717, 1.165) is 31.5 Å². The molecule has 2 aromatic carbocycles. The van der Waals surface area contributed by atoms with Crippen molar-refractivity contribution in [3.8, 4) is 11.4 Å². The lowest BCUT2D eigenvalue weighted by Crippen LogP contribution is -2.14. The Balaban J connectivity index is 1.66. The number of aryl methyl sites for hydroxylation is 1. The molecule has 0 fully saturated rings. The molecule has 29 heavy (non-hydrogen) atoms. The Labute approximate surface area is 165 Å². The molecule has 2 heterocycles. The number of nitro benzene ring substituents is 1. The van der Waals surface area contributed by atoms with Crippen LogP contribution in [0.15, 0.2) is 42.5 Å². The summed E-state index contributed by atoms with van der Waals surface area (Å²) in [4.78, 5) is 23.1. The zero-order chi connectivity index (χ0) is 20.4. The van der Waals surface area contributed by atoms with E-state index in [-0.39, 0.29) is 16.8 Å². The number of amides is 1. The predicted molar refractivity (Wildman–Crippen MR) is 104 cm³/mol. The number of hydrogen-bond donors (Lipinski definition) is 1. The molecule has 1 amide bonds. The van der Waals surface area contributed by atoms with E-state index < -0.39 is 16.6 Å². The van der Waals surface area contributed by atoms with Crippen molar-refractivity contribution in [3.05, 3.63) is 69.8 Å². The van der Waals surface area contributed by atoms with E-state index in [2.05, 4.69) is 15.5 Å². The topological polar surface area (TPSA) is 103 Å². The molecule has 0 saturated carbocycles. The van der Waals surface area contributed by atoms with Gasteiger partial charge in [-0.25, -0.2) is 4.39 Å². The second kappa shape index (κ2) is 7.78. The molecule has 0 unspecified atom stereocenters. The number of anilines is 1. The number of benzene rings is 2. The predicted octanol–water partition coefficient (Wildman–Crippen LogP) is 3.97. The first-order chi connectivity index (χ1) is 14.0. The Hall–Kier alpha value is -3.62. The third-order valence-corrected chi connectivity index (χ3v) is 4.92. The minimum atomic E-state index is -0.644. The van der Waals surface area contributed by atoms with E-state index in [1.54, 1.807) is 6.07 Å². The number of nitro groups is 1. The van der Waals surface area contributed by atoms with Gasteiger partial charge in [0.2, 0.25) is 0 Å². The van der Waals surface area contributed by atoms with Gasteiger partial charge in [0.15, 0.2) is 5.82 Å². The van der Waals surface area contributed by atoms with Crippen LogP contribution < -0.4 is 5.32 Å². The summed E-state index contributed by atoms with van der Waals surface area (Å²) >= 11 is 0. The number of para-hydroxylation sites is 1. The molecule has 1 aliphatic rings. The minimum Gasteiger partial charge on any atom is -0.322 e. The molecule has 1 aliphatic heterocycles. The van der Waals surface area contributed by atoms with Gasteiger partial charge in [0.25, 0.3) is 11.6 Å². The Morgan fingerprint density at radius 2 is 1.97 bits per heavy atom. The maximum Gasteiger partial charge on any atom is 0.282 e. The number of nitrogens with zero attached hydrogens (tertiary/aromatic N) is 4. The Bertz CT molecular complexity index is 1100. The summed E-state index contributed by atoms with van der Waals surface area (Å²) in [5, 5.41) is 22.1. The van der Waals surface area contributed by atoms with Gasteiger partial charge in [0.05, 0.1) is 10.5 Å². The molecule has 0 radical (unpaired) electrons. The second-order valence-electron chi connectivity index (χ2n) is 6.83. The molecule has 1 aromatic heterocycles. The molecule has 4 rings (SSSR count). The van der Waals surface area contributed by atoms with Gasteiger partial charge in [-0.15, -0.1) is 10.2 Å². The molecule has 0 atom stereocenters. The Morgan fingerprint density at radius 3 is 2.79 bits per heavy atom. The molecule has 0 aliphatic carbocycles. The van der Waals surface area contributed by atoms with Crippen molar-refractivity contribution in [2.75, 3.05) is 5.32 Å². The standard InChI is InChI=1S/C20H18FN5O3/c21-16-10-9-13(22-20(27)14-6-3-4-7-17(14)26(28)29)12-15(16)19-24-23-18-8-2-1-5-11-25(18)19/h3-4,6-7,9-10,12H,1-2,5,8,11H2,(H,22,27). The lowest BCUT2D eigenvalue weighted by molar-refractivity contribution is -0.385. The van der Waals surface area contributed by atoms with Gasteiger partial charge in [0, 0.05) is 24.7 Å². The number of hydrogen-bond acceptors (Lipinski definition) is 5. The van der Waals surface area contributed by atoms with Crippen molar-refractivity contribution in [3.63, 3.8) is 0 Å². The number of nitrogens with one attached hydrogen (secondary N) is 1. The van der Waals surface area contributed by atoms with Gasteiger partial charge in [-0.2, -0.15) is 0 Å². The fourth-order valence-electron chi connectivity index (χ4n) is 3.48. The van der Waals surface area contributed by atoms with Crippen LogP contribution in [0.3, 0.4) is 0 Å². The first-order valence-corrected chi connectivity index (χ1v) is 9.31. The molecule has 0 bridgehead atoms. The van der Waals surface area contributed by atoms with Gasteiger partial charge in [-0.3, -0.25) is 14.9 Å². The number of halogens is 1. The third kappa shape index (κ3) is 3.71. The normalized spacial score (nSPS) is 13.4. The highest BCUT2D eigenvalue weighted by atomic mass is 19.1. The summed E-state index contributed by atoms with van der Waals surface area (Å²) in [6, 6.07) is 9.79. The van der Waals surface area contributed by atoms with Crippen LogP contribution in [0.1, 0.15) is 35.4 Å². The van der Waals surface area contributed by atoms with E-state index in [0.29, 0.717) is 18.1 Å². The van der Waals surface area contributed by atoms with Gasteiger partial charge in [0.1, 0.15) is 17.2 Å². The first-order valence-electron chi connectivity index (χ1n) is 9.31. The summed E-state index contributed by atoms with van der Waals surface area (Å²) in [7, 11) is 0. The SMILES string of the molecule is O=C(Nc1ccc(F)c(-c2nnc3n2CCCCC3)c1)c1ccccc1[N+](=O)[O-]. The Kier molecular flexibility index (Phi) is 5.03. The van der Waals surface area contributed by atoms with Crippen LogP contribution in [0.2, 0.25) is 0 Å². The molecule has 0 spiro atoms. The lowest BCUT2D eigenvalue weighted by Gasteiger charge is -2.10. The highest BCUT2D eigenvalue weighted by Gasteiger charge is 2.21. The van der Waals surface area contributed by atoms with Crippen molar-refractivity contribution in [2.45, 2.75) is 32.2 Å². The van der Waals surface area contributed by atoms with Gasteiger partial charge < -0.3 is 9.88 Å². The van der Waals surface area contributed by atoms with E-state index in [1.807, 2.05) is 4.57 Å². The number of aromatic nitrogens is 3. The molecular formula is C20H18FN5O3. The molecule has 8 nitrogen and oxygen atoms in total. The van der Waals surface area contributed by atoms with Gasteiger partial charge in [-0.05, 0) is 37.1 Å². The average Bonchev–Trinajstić information content (AvgIpc) is 2.97. The second-order valence-corrected chi connectivity index (χ2v) is 6.83. The molecule has 3 aromatic rings. The van der Waals surface area contributed by atoms with Crippen LogP contribution >= 0.6 is 0 Å². The summed E-state index contributed by atoms with van der Waals surface area (Å²) in [5.74, 6) is 0.121. The van der Waals surface area contributed by atoms with Crippen LogP contribution in [0, 0.1) is 15.9 Å². The highest BCUT2D eigenvalue weighted by Crippen LogP contribution is 2.28. The molecule has 1 N–H and O–H groups in total. The number of carbonyl (C=O) groups excluding carboxylic acids is 1. The average molecular weight is 395 g/mol. The van der Waals surface area contributed by atoms with Crippen LogP contribution in [0.4, 0.5) is 15.8 Å². The van der Waals surface area contributed by atoms with Crippen LogP contribution in [-0.2, 0) is 13.0 Å². The van der Waals surface area contributed by atoms with Crippen LogP contribution in [0.25, 0.3) is 11.4 Å². The number of carbonyl (C=O) groups is 1.